The molecule has 0 aliphatic carbocycles. The van der Waals surface area contributed by atoms with Gasteiger partial charge in [-0.25, -0.2) is 0 Å². The molecule has 0 saturated carbocycles. The van der Waals surface area contributed by atoms with Crippen molar-refractivity contribution in [2.45, 2.75) is 26.2 Å². The van der Waals surface area contributed by atoms with Crippen molar-refractivity contribution in [1.29, 1.82) is 5.26 Å². The molecule has 0 aliphatic rings. The van der Waals surface area contributed by atoms with Crippen molar-refractivity contribution < 1.29 is 0 Å². The maximum Gasteiger partial charge on any atom is 0.101 e. The van der Waals surface area contributed by atoms with Gasteiger partial charge in [-0.2, -0.15) is 5.26 Å². The van der Waals surface area contributed by atoms with Crippen LogP contribution in [0.5, 0.6) is 0 Å². The summed E-state index contributed by atoms with van der Waals surface area (Å²) in [5.41, 5.74) is 3.72. The number of halogens is 1. The lowest BCUT2D eigenvalue weighted by molar-refractivity contribution is 0.592. The minimum Gasteiger partial charge on any atom is -0.355 e. The lowest BCUT2D eigenvalue weighted by Crippen LogP contribution is -2.13. The monoisotopic (exact) mass is 284 g/mol. The van der Waals surface area contributed by atoms with Gasteiger partial charge in [0.2, 0.25) is 0 Å². The van der Waals surface area contributed by atoms with E-state index in [4.69, 9.17) is 16.9 Å². The van der Waals surface area contributed by atoms with Gasteiger partial charge in [0.1, 0.15) is 6.07 Å². The van der Waals surface area contributed by atoms with Gasteiger partial charge in [0.15, 0.2) is 0 Å². The van der Waals surface area contributed by atoms with Gasteiger partial charge in [-0.05, 0) is 35.2 Å². The van der Waals surface area contributed by atoms with E-state index in [9.17, 15) is 0 Å². The topological polar surface area (TPSA) is 35.8 Å². The molecule has 0 atom stereocenters. The van der Waals surface area contributed by atoms with Crippen LogP contribution in [-0.2, 0) is 5.41 Å². The normalized spacial score (nSPS) is 10.9. The minimum atomic E-state index is 0.0555. The molecular weight excluding hydrogens is 268 g/mol. The van der Waals surface area contributed by atoms with Crippen LogP contribution in [-0.4, -0.2) is 0 Å². The molecule has 0 amide bonds. The predicted octanol–water partition coefficient (Wildman–Crippen LogP) is 5.25. The van der Waals surface area contributed by atoms with Crippen molar-refractivity contribution in [3.63, 3.8) is 0 Å². The van der Waals surface area contributed by atoms with Gasteiger partial charge >= 0.3 is 0 Å². The Hall–Kier alpha value is -1.98. The second kappa shape index (κ2) is 5.56. The maximum absolute atomic E-state index is 8.89. The summed E-state index contributed by atoms with van der Waals surface area (Å²) in [6, 6.07) is 15.6. The number of hydrogen-bond acceptors (Lipinski definition) is 2. The van der Waals surface area contributed by atoms with E-state index in [1.807, 2.05) is 24.3 Å². The van der Waals surface area contributed by atoms with Gasteiger partial charge in [-0.1, -0.05) is 50.6 Å². The van der Waals surface area contributed by atoms with E-state index in [0.29, 0.717) is 10.6 Å². The molecule has 3 heteroatoms. The summed E-state index contributed by atoms with van der Waals surface area (Å²) in [5.74, 6) is 0. The first-order chi connectivity index (χ1) is 9.41. The highest BCUT2D eigenvalue weighted by Gasteiger charge is 2.17. The molecule has 1 N–H and O–H groups in total. The van der Waals surface area contributed by atoms with Gasteiger partial charge in [0.25, 0.3) is 0 Å². The van der Waals surface area contributed by atoms with Gasteiger partial charge < -0.3 is 5.32 Å². The summed E-state index contributed by atoms with van der Waals surface area (Å²) in [7, 11) is 0. The van der Waals surface area contributed by atoms with E-state index < -0.39 is 0 Å². The number of hydrogen-bond donors (Lipinski definition) is 1. The predicted molar refractivity (Wildman–Crippen MR) is 84.6 cm³/mol. The molecule has 0 aliphatic heterocycles. The molecule has 2 nitrogen and oxygen atoms in total. The first kappa shape index (κ1) is 14.4. The van der Waals surface area contributed by atoms with E-state index >= 15 is 0 Å². The Kier molecular flexibility index (Phi) is 4.01. The second-order valence-corrected chi connectivity index (χ2v) is 6.13. The first-order valence-corrected chi connectivity index (χ1v) is 6.86. The van der Waals surface area contributed by atoms with Gasteiger partial charge in [-0.3, -0.25) is 0 Å². The molecule has 0 spiro atoms. The maximum atomic E-state index is 8.89. The van der Waals surface area contributed by atoms with Crippen molar-refractivity contribution in [3.05, 3.63) is 58.6 Å². The van der Waals surface area contributed by atoms with Crippen LogP contribution < -0.4 is 5.32 Å². The number of para-hydroxylation sites is 1. The Labute approximate surface area is 125 Å². The smallest absolute Gasteiger partial charge is 0.101 e. The van der Waals surface area contributed by atoms with Gasteiger partial charge in [0.05, 0.1) is 10.6 Å². The molecule has 0 unspecified atom stereocenters. The summed E-state index contributed by atoms with van der Waals surface area (Å²) in [6.07, 6.45) is 0. The lowest BCUT2D eigenvalue weighted by atomic mass is 9.86. The summed E-state index contributed by atoms with van der Waals surface area (Å²) < 4.78 is 0. The Balaban J connectivity index is 2.36. The third-order valence-corrected chi connectivity index (χ3v) is 3.42. The molecular formula is C17H17ClN2. The Bertz CT molecular complexity index is 663. The van der Waals surface area contributed by atoms with Crippen molar-refractivity contribution in [2.24, 2.45) is 0 Å². The van der Waals surface area contributed by atoms with Crippen LogP contribution in [0.15, 0.2) is 42.5 Å². The molecule has 2 aromatic carbocycles. The summed E-state index contributed by atoms with van der Waals surface area (Å²) in [6.45, 7) is 6.54. The van der Waals surface area contributed by atoms with Crippen LogP contribution >= 0.6 is 11.6 Å². The summed E-state index contributed by atoms with van der Waals surface area (Å²) >= 11 is 6.06. The fourth-order valence-electron chi connectivity index (χ4n) is 2.09. The Morgan fingerprint density at radius 2 is 1.80 bits per heavy atom. The minimum absolute atomic E-state index is 0.0555. The van der Waals surface area contributed by atoms with Crippen LogP contribution in [0.3, 0.4) is 0 Å². The fourth-order valence-corrected chi connectivity index (χ4v) is 2.31. The summed E-state index contributed by atoms with van der Waals surface area (Å²) in [5, 5.41) is 12.7. The third kappa shape index (κ3) is 3.12. The SMILES string of the molecule is CC(C)(C)c1ccccc1Nc1ccc(C#N)c(Cl)c1. The van der Waals surface area contributed by atoms with Crippen LogP contribution in [0.4, 0.5) is 11.4 Å². The number of benzene rings is 2. The van der Waals surface area contributed by atoms with E-state index in [2.05, 4.69) is 38.2 Å². The quantitative estimate of drug-likeness (QED) is 0.817. The largest absolute Gasteiger partial charge is 0.355 e. The van der Waals surface area contributed by atoms with E-state index in [1.165, 1.54) is 5.56 Å². The van der Waals surface area contributed by atoms with Crippen molar-refractivity contribution in [2.75, 3.05) is 5.32 Å². The molecule has 2 aromatic rings. The number of nitrogens with zero attached hydrogens (tertiary/aromatic N) is 1. The average molecular weight is 285 g/mol. The first-order valence-electron chi connectivity index (χ1n) is 6.48. The fraction of sp³-hybridized carbons (Fsp3) is 0.235. The average Bonchev–Trinajstić information content (AvgIpc) is 2.38. The molecule has 0 saturated heterocycles. The third-order valence-electron chi connectivity index (χ3n) is 3.10. The van der Waals surface area contributed by atoms with Crippen LogP contribution in [0, 0.1) is 11.3 Å². The number of nitriles is 1. The Morgan fingerprint density at radius 3 is 2.40 bits per heavy atom. The molecule has 20 heavy (non-hydrogen) atoms. The zero-order valence-electron chi connectivity index (χ0n) is 11.9. The molecule has 102 valence electrons. The van der Waals surface area contributed by atoms with Crippen LogP contribution in [0.1, 0.15) is 31.9 Å². The lowest BCUT2D eigenvalue weighted by Gasteiger charge is -2.23. The zero-order valence-corrected chi connectivity index (χ0v) is 12.6. The second-order valence-electron chi connectivity index (χ2n) is 5.73. The van der Waals surface area contributed by atoms with Crippen LogP contribution in [0.2, 0.25) is 5.02 Å². The molecule has 0 aromatic heterocycles. The van der Waals surface area contributed by atoms with E-state index in [-0.39, 0.29) is 5.41 Å². The molecule has 0 bridgehead atoms. The number of anilines is 2. The highest BCUT2D eigenvalue weighted by atomic mass is 35.5. The molecule has 2 rings (SSSR count). The van der Waals surface area contributed by atoms with Crippen molar-refractivity contribution in [3.8, 4) is 6.07 Å². The van der Waals surface area contributed by atoms with E-state index in [1.54, 1.807) is 12.1 Å². The molecule has 0 heterocycles. The molecule has 0 fully saturated rings. The van der Waals surface area contributed by atoms with E-state index in [0.717, 1.165) is 11.4 Å². The van der Waals surface area contributed by atoms with Crippen molar-refractivity contribution >= 4 is 23.0 Å². The highest BCUT2D eigenvalue weighted by molar-refractivity contribution is 6.32. The number of nitrogens with one attached hydrogen (secondary N) is 1. The molecule has 0 radical (unpaired) electrons. The highest BCUT2D eigenvalue weighted by Crippen LogP contribution is 2.32. The van der Waals surface area contributed by atoms with Crippen LogP contribution in [0.25, 0.3) is 0 Å². The van der Waals surface area contributed by atoms with Gasteiger partial charge in [-0.15, -0.1) is 0 Å². The zero-order chi connectivity index (χ0) is 14.8. The van der Waals surface area contributed by atoms with Gasteiger partial charge in [0, 0.05) is 11.4 Å². The Morgan fingerprint density at radius 1 is 1.10 bits per heavy atom. The van der Waals surface area contributed by atoms with Crippen molar-refractivity contribution in [1.82, 2.24) is 0 Å². The number of rotatable bonds is 2. The standard InChI is InChI=1S/C17H17ClN2/c1-17(2,3)14-6-4-5-7-16(14)20-13-9-8-12(11-19)15(18)10-13/h4-10,20H,1-3H3. The summed E-state index contributed by atoms with van der Waals surface area (Å²) in [4.78, 5) is 0.